The third-order valence-corrected chi connectivity index (χ3v) is 7.49. The highest BCUT2D eigenvalue weighted by molar-refractivity contribution is 7.97. The van der Waals surface area contributed by atoms with E-state index in [2.05, 4.69) is 63.3 Å². The Hall–Kier alpha value is -2.28. The van der Waals surface area contributed by atoms with E-state index in [9.17, 15) is 0 Å². The Morgan fingerprint density at radius 1 is 1.16 bits per heavy atom. The lowest BCUT2D eigenvalue weighted by atomic mass is 9.75. The monoisotopic (exact) mass is 448 g/mol. The molecule has 0 bridgehead atoms. The number of benzene rings is 2. The minimum absolute atomic E-state index is 0.532. The molecule has 1 fully saturated rings. The zero-order chi connectivity index (χ0) is 21.8. The third kappa shape index (κ3) is 5.03. The van der Waals surface area contributed by atoms with Gasteiger partial charge in [-0.25, -0.2) is 0 Å². The van der Waals surface area contributed by atoms with Crippen molar-refractivity contribution in [1.29, 1.82) is 0 Å². The lowest BCUT2D eigenvalue weighted by Crippen LogP contribution is -2.49. The van der Waals surface area contributed by atoms with Gasteiger partial charge in [0.05, 0.1) is 11.1 Å². The maximum Gasteiger partial charge on any atom is 0.119 e. The standard InChI is InChI=1S/C26H32N4OS/c1-29-19-23(18-27-29)32-28-12-15-31-22-10-8-21-9-11-26(30-13-5-14-30)25(24(21)17-22)16-20-6-3-2-4-7-20/h2-4,6-8,10,17-19,25-26,28H,5,9,11-16H2,1H3. The van der Waals surface area contributed by atoms with Crippen molar-refractivity contribution in [2.45, 2.75) is 42.5 Å². The van der Waals surface area contributed by atoms with Crippen LogP contribution >= 0.6 is 11.9 Å². The van der Waals surface area contributed by atoms with Crippen molar-refractivity contribution in [2.24, 2.45) is 7.05 Å². The fourth-order valence-electron chi connectivity index (χ4n) is 4.97. The van der Waals surface area contributed by atoms with Gasteiger partial charge in [0.15, 0.2) is 0 Å². The van der Waals surface area contributed by atoms with Gasteiger partial charge >= 0.3 is 0 Å². The van der Waals surface area contributed by atoms with E-state index in [1.165, 1.54) is 49.0 Å². The Labute approximate surface area is 195 Å². The molecule has 5 rings (SSSR count). The Morgan fingerprint density at radius 3 is 2.78 bits per heavy atom. The van der Waals surface area contributed by atoms with Gasteiger partial charge in [0.25, 0.3) is 0 Å². The van der Waals surface area contributed by atoms with Crippen LogP contribution in [0.4, 0.5) is 0 Å². The molecule has 1 aliphatic carbocycles. The Morgan fingerprint density at radius 2 is 2.03 bits per heavy atom. The molecule has 0 spiro atoms. The highest BCUT2D eigenvalue weighted by atomic mass is 32.2. The predicted molar refractivity (Wildman–Crippen MR) is 130 cm³/mol. The Bertz CT molecular complexity index is 1020. The van der Waals surface area contributed by atoms with Crippen molar-refractivity contribution in [3.05, 3.63) is 77.6 Å². The van der Waals surface area contributed by atoms with E-state index in [1.807, 2.05) is 24.1 Å². The second kappa shape index (κ2) is 10.1. The van der Waals surface area contributed by atoms with Crippen LogP contribution in [-0.2, 0) is 19.9 Å². The summed E-state index contributed by atoms with van der Waals surface area (Å²) >= 11 is 1.59. The van der Waals surface area contributed by atoms with Gasteiger partial charge in [-0.3, -0.25) is 14.3 Å². The van der Waals surface area contributed by atoms with Crippen LogP contribution in [0.15, 0.2) is 65.8 Å². The molecule has 168 valence electrons. The summed E-state index contributed by atoms with van der Waals surface area (Å²) in [7, 11) is 1.93. The number of likely N-dealkylation sites (tertiary alicyclic amines) is 1. The lowest BCUT2D eigenvalue weighted by Gasteiger charge is -2.45. The van der Waals surface area contributed by atoms with Crippen LogP contribution in [0.25, 0.3) is 0 Å². The number of hydrogen-bond acceptors (Lipinski definition) is 5. The predicted octanol–water partition coefficient (Wildman–Crippen LogP) is 4.44. The van der Waals surface area contributed by atoms with Gasteiger partial charge in [0.2, 0.25) is 0 Å². The largest absolute Gasteiger partial charge is 0.492 e. The molecule has 2 aromatic carbocycles. The highest BCUT2D eigenvalue weighted by Crippen LogP contribution is 2.40. The molecule has 2 aliphatic rings. The van der Waals surface area contributed by atoms with Gasteiger partial charge in [0.1, 0.15) is 12.4 Å². The first-order valence-electron chi connectivity index (χ1n) is 11.7. The van der Waals surface area contributed by atoms with Crippen LogP contribution in [-0.4, -0.2) is 47.0 Å². The van der Waals surface area contributed by atoms with E-state index in [1.54, 1.807) is 11.9 Å². The van der Waals surface area contributed by atoms with Crippen molar-refractivity contribution in [2.75, 3.05) is 26.2 Å². The summed E-state index contributed by atoms with van der Waals surface area (Å²) in [4.78, 5) is 3.81. The van der Waals surface area contributed by atoms with Gasteiger partial charge in [-0.15, -0.1) is 0 Å². The molecular weight excluding hydrogens is 416 g/mol. The van der Waals surface area contributed by atoms with Crippen molar-refractivity contribution in [1.82, 2.24) is 19.4 Å². The van der Waals surface area contributed by atoms with E-state index in [4.69, 9.17) is 4.74 Å². The Balaban J connectivity index is 1.25. The quantitative estimate of drug-likeness (QED) is 0.387. The van der Waals surface area contributed by atoms with E-state index < -0.39 is 0 Å². The molecule has 1 saturated heterocycles. The van der Waals surface area contributed by atoms with E-state index >= 15 is 0 Å². The van der Waals surface area contributed by atoms with E-state index in [0.717, 1.165) is 23.6 Å². The van der Waals surface area contributed by atoms with Crippen LogP contribution in [0.3, 0.4) is 0 Å². The number of aryl methyl sites for hydroxylation is 2. The molecule has 32 heavy (non-hydrogen) atoms. The number of nitrogens with zero attached hydrogens (tertiary/aromatic N) is 3. The third-order valence-electron chi connectivity index (χ3n) is 6.69. The highest BCUT2D eigenvalue weighted by Gasteiger charge is 2.35. The Kier molecular flexibility index (Phi) is 6.81. The van der Waals surface area contributed by atoms with Crippen LogP contribution in [0.5, 0.6) is 5.75 Å². The van der Waals surface area contributed by atoms with Crippen LogP contribution in [0.2, 0.25) is 0 Å². The molecule has 0 amide bonds. The van der Waals surface area contributed by atoms with E-state index in [-0.39, 0.29) is 0 Å². The van der Waals surface area contributed by atoms with Crippen molar-refractivity contribution in [3.63, 3.8) is 0 Å². The first-order chi connectivity index (χ1) is 15.8. The number of aromatic nitrogens is 2. The topological polar surface area (TPSA) is 42.3 Å². The molecule has 1 N–H and O–H groups in total. The fourth-order valence-corrected chi connectivity index (χ4v) is 5.62. The number of ether oxygens (including phenoxy) is 1. The average Bonchev–Trinajstić information content (AvgIpc) is 3.19. The SMILES string of the molecule is Cn1cc(SNCCOc2ccc3c(c2)C(Cc2ccccc2)C(N2CCC2)CC3)cn1. The lowest BCUT2D eigenvalue weighted by molar-refractivity contribution is 0.0876. The summed E-state index contributed by atoms with van der Waals surface area (Å²) in [5.74, 6) is 1.52. The molecule has 1 aliphatic heterocycles. The molecule has 0 radical (unpaired) electrons. The minimum Gasteiger partial charge on any atom is -0.492 e. The molecule has 5 nitrogen and oxygen atoms in total. The minimum atomic E-state index is 0.532. The van der Waals surface area contributed by atoms with Gasteiger partial charge < -0.3 is 4.74 Å². The van der Waals surface area contributed by atoms with Crippen molar-refractivity contribution >= 4 is 11.9 Å². The van der Waals surface area contributed by atoms with Crippen LogP contribution < -0.4 is 9.46 Å². The summed E-state index contributed by atoms with van der Waals surface area (Å²) in [6.07, 6.45) is 8.74. The number of rotatable bonds is 9. The molecule has 3 aromatic rings. The van der Waals surface area contributed by atoms with Gasteiger partial charge in [-0.2, -0.15) is 5.10 Å². The van der Waals surface area contributed by atoms with Crippen molar-refractivity contribution in [3.8, 4) is 5.75 Å². The van der Waals surface area contributed by atoms with Gasteiger partial charge in [-0.1, -0.05) is 36.4 Å². The summed E-state index contributed by atoms with van der Waals surface area (Å²) in [6, 6.07) is 18.4. The normalized spacial score (nSPS) is 20.5. The van der Waals surface area contributed by atoms with Crippen LogP contribution in [0, 0.1) is 0 Å². The number of nitrogens with one attached hydrogen (secondary N) is 1. The second-order valence-corrected chi connectivity index (χ2v) is 9.81. The molecule has 0 saturated carbocycles. The molecule has 2 atom stereocenters. The first-order valence-corrected chi connectivity index (χ1v) is 12.5. The van der Waals surface area contributed by atoms with Gasteiger partial charge in [-0.05, 0) is 79.5 Å². The summed E-state index contributed by atoms with van der Waals surface area (Å²) in [5.41, 5.74) is 4.42. The summed E-state index contributed by atoms with van der Waals surface area (Å²) < 4.78 is 11.3. The zero-order valence-electron chi connectivity index (χ0n) is 18.7. The summed E-state index contributed by atoms with van der Waals surface area (Å²) in [5, 5.41) is 4.19. The smallest absolute Gasteiger partial charge is 0.119 e. The number of fused-ring (bicyclic) bond motifs is 1. The molecule has 6 heteroatoms. The van der Waals surface area contributed by atoms with Crippen molar-refractivity contribution < 1.29 is 4.74 Å². The van der Waals surface area contributed by atoms with Crippen LogP contribution in [0.1, 0.15) is 35.4 Å². The first kappa shape index (κ1) is 21.6. The van der Waals surface area contributed by atoms with Gasteiger partial charge in [0, 0.05) is 31.7 Å². The molecule has 2 heterocycles. The molecular formula is C26H32N4OS. The maximum absolute atomic E-state index is 6.14. The van der Waals surface area contributed by atoms with E-state index in [0.29, 0.717) is 18.6 Å². The molecule has 2 unspecified atom stereocenters. The fraction of sp³-hybridized carbons (Fsp3) is 0.423. The second-order valence-electron chi connectivity index (χ2n) is 8.85. The average molecular weight is 449 g/mol. The maximum atomic E-state index is 6.14. The number of hydrogen-bond donors (Lipinski definition) is 1. The molecule has 1 aromatic heterocycles. The zero-order valence-corrected chi connectivity index (χ0v) is 19.6. The summed E-state index contributed by atoms with van der Waals surface area (Å²) in [6.45, 7) is 3.93.